The van der Waals surface area contributed by atoms with Gasteiger partial charge in [-0.15, -0.1) is 0 Å². The van der Waals surface area contributed by atoms with Gasteiger partial charge in [0.15, 0.2) is 0 Å². The van der Waals surface area contributed by atoms with Gasteiger partial charge in [0, 0.05) is 12.5 Å². The second kappa shape index (κ2) is 6.32. The van der Waals surface area contributed by atoms with Gasteiger partial charge in [0.05, 0.1) is 12.6 Å². The lowest BCUT2D eigenvalue weighted by atomic mass is 9.92. The van der Waals surface area contributed by atoms with Gasteiger partial charge in [-0.25, -0.2) is 4.39 Å². The summed E-state index contributed by atoms with van der Waals surface area (Å²) in [6.45, 7) is 2.49. The minimum Gasteiger partial charge on any atom is -0.465 e. The zero-order chi connectivity index (χ0) is 15.5. The Kier molecular flexibility index (Phi) is 4.24. The van der Waals surface area contributed by atoms with Crippen molar-refractivity contribution in [3.05, 3.63) is 59.3 Å². The van der Waals surface area contributed by atoms with E-state index in [0.717, 1.165) is 17.1 Å². The first-order chi connectivity index (χ1) is 10.6. The molecule has 1 aliphatic heterocycles. The molecule has 1 amide bonds. The predicted molar refractivity (Wildman–Crippen MR) is 80.6 cm³/mol. The third-order valence-corrected chi connectivity index (χ3v) is 3.94. The van der Waals surface area contributed by atoms with Gasteiger partial charge in [-0.05, 0) is 43.2 Å². The standard InChI is InChI=1S/C17H19FN2O2/c1-11-5-6-14(22-11)10-19-15-7-8-16(21)20-17(15)12-3-2-4-13(18)9-12/h2-6,9,15,17,19H,7-8,10H2,1H3,(H,20,21)/t15-,17+/m1/s1. The van der Waals surface area contributed by atoms with E-state index in [1.807, 2.05) is 25.1 Å². The van der Waals surface area contributed by atoms with Gasteiger partial charge in [0.2, 0.25) is 5.91 Å². The number of hydrogen-bond donors (Lipinski definition) is 2. The lowest BCUT2D eigenvalue weighted by Gasteiger charge is -2.33. The van der Waals surface area contributed by atoms with Gasteiger partial charge in [-0.2, -0.15) is 0 Å². The van der Waals surface area contributed by atoms with Crippen LogP contribution in [0.2, 0.25) is 0 Å². The van der Waals surface area contributed by atoms with Crippen molar-refractivity contribution in [2.24, 2.45) is 0 Å². The first-order valence-electron chi connectivity index (χ1n) is 7.45. The smallest absolute Gasteiger partial charge is 0.220 e. The van der Waals surface area contributed by atoms with Gasteiger partial charge >= 0.3 is 0 Å². The van der Waals surface area contributed by atoms with Crippen molar-refractivity contribution in [3.8, 4) is 0 Å². The lowest BCUT2D eigenvalue weighted by molar-refractivity contribution is -0.123. The van der Waals surface area contributed by atoms with E-state index in [1.165, 1.54) is 12.1 Å². The van der Waals surface area contributed by atoms with E-state index in [4.69, 9.17) is 4.42 Å². The van der Waals surface area contributed by atoms with Gasteiger partial charge < -0.3 is 15.1 Å². The Hall–Kier alpha value is -2.14. The summed E-state index contributed by atoms with van der Waals surface area (Å²) in [6.07, 6.45) is 1.19. The third kappa shape index (κ3) is 3.36. The van der Waals surface area contributed by atoms with E-state index in [-0.39, 0.29) is 23.8 Å². The summed E-state index contributed by atoms with van der Waals surface area (Å²) in [7, 11) is 0. The second-order valence-corrected chi connectivity index (χ2v) is 5.64. The van der Waals surface area contributed by atoms with Crippen molar-refractivity contribution in [2.75, 3.05) is 0 Å². The maximum atomic E-state index is 13.5. The molecule has 1 aromatic heterocycles. The monoisotopic (exact) mass is 302 g/mol. The molecule has 0 unspecified atom stereocenters. The van der Waals surface area contributed by atoms with Crippen LogP contribution in [0.5, 0.6) is 0 Å². The van der Waals surface area contributed by atoms with E-state index in [0.29, 0.717) is 19.4 Å². The minimum atomic E-state index is -0.294. The number of amides is 1. The number of piperidine rings is 1. The van der Waals surface area contributed by atoms with Crippen LogP contribution in [0.1, 0.15) is 36.0 Å². The number of halogens is 1. The molecule has 3 rings (SSSR count). The topological polar surface area (TPSA) is 54.3 Å². The Bertz CT molecular complexity index is 668. The summed E-state index contributed by atoms with van der Waals surface area (Å²) in [6, 6.07) is 10.1. The SMILES string of the molecule is Cc1ccc(CN[C@@H]2CCC(=O)N[C@H]2c2cccc(F)c2)o1. The normalized spacial score (nSPS) is 21.6. The number of carbonyl (C=O) groups excluding carboxylic acids is 1. The zero-order valence-corrected chi connectivity index (χ0v) is 12.4. The highest BCUT2D eigenvalue weighted by Crippen LogP contribution is 2.25. The molecule has 2 aromatic rings. The first-order valence-corrected chi connectivity index (χ1v) is 7.45. The van der Waals surface area contributed by atoms with Crippen LogP contribution in [-0.2, 0) is 11.3 Å². The molecule has 0 saturated carbocycles. The number of rotatable bonds is 4. The maximum Gasteiger partial charge on any atom is 0.220 e. The molecule has 116 valence electrons. The van der Waals surface area contributed by atoms with Gasteiger partial charge in [-0.1, -0.05) is 12.1 Å². The molecule has 2 heterocycles. The van der Waals surface area contributed by atoms with Gasteiger partial charge in [0.1, 0.15) is 17.3 Å². The summed E-state index contributed by atoms with van der Waals surface area (Å²) in [5.41, 5.74) is 0.779. The molecule has 1 aliphatic rings. The molecule has 2 atom stereocenters. The van der Waals surface area contributed by atoms with Crippen LogP contribution >= 0.6 is 0 Å². The Balaban J connectivity index is 1.73. The second-order valence-electron chi connectivity index (χ2n) is 5.64. The van der Waals surface area contributed by atoms with Crippen LogP contribution in [0.15, 0.2) is 40.8 Å². The van der Waals surface area contributed by atoms with Crippen molar-refractivity contribution in [1.29, 1.82) is 0 Å². The Morgan fingerprint density at radius 2 is 2.23 bits per heavy atom. The van der Waals surface area contributed by atoms with E-state index >= 15 is 0 Å². The summed E-state index contributed by atoms with van der Waals surface area (Å²) < 4.78 is 19.0. The molecule has 1 aromatic carbocycles. The number of carbonyl (C=O) groups is 1. The highest BCUT2D eigenvalue weighted by atomic mass is 19.1. The third-order valence-electron chi connectivity index (χ3n) is 3.94. The van der Waals surface area contributed by atoms with E-state index in [2.05, 4.69) is 10.6 Å². The van der Waals surface area contributed by atoms with Crippen LogP contribution in [-0.4, -0.2) is 11.9 Å². The number of nitrogens with one attached hydrogen (secondary N) is 2. The van der Waals surface area contributed by atoms with Crippen LogP contribution < -0.4 is 10.6 Å². The molecular weight excluding hydrogens is 283 g/mol. The Morgan fingerprint density at radius 1 is 1.36 bits per heavy atom. The largest absolute Gasteiger partial charge is 0.465 e. The fourth-order valence-electron chi connectivity index (χ4n) is 2.85. The number of aryl methyl sites for hydroxylation is 1. The van der Waals surface area contributed by atoms with E-state index < -0.39 is 0 Å². The number of hydrogen-bond acceptors (Lipinski definition) is 3. The molecule has 1 saturated heterocycles. The Labute approximate surface area is 128 Å². The lowest BCUT2D eigenvalue weighted by Crippen LogP contribution is -2.48. The minimum absolute atomic E-state index is 0.00107. The van der Waals surface area contributed by atoms with Crippen molar-refractivity contribution in [1.82, 2.24) is 10.6 Å². The van der Waals surface area contributed by atoms with Gasteiger partial charge in [0.25, 0.3) is 0 Å². The van der Waals surface area contributed by atoms with Gasteiger partial charge in [-0.3, -0.25) is 4.79 Å². The van der Waals surface area contributed by atoms with Crippen molar-refractivity contribution in [2.45, 2.75) is 38.4 Å². The average Bonchev–Trinajstić information content (AvgIpc) is 2.91. The maximum absolute atomic E-state index is 13.5. The van der Waals surface area contributed by atoms with Crippen LogP contribution in [0, 0.1) is 12.7 Å². The predicted octanol–water partition coefficient (Wildman–Crippen LogP) is 2.84. The molecule has 0 spiro atoms. The number of benzene rings is 1. The molecule has 2 N–H and O–H groups in total. The molecule has 0 aliphatic carbocycles. The molecule has 1 fully saturated rings. The highest BCUT2D eigenvalue weighted by molar-refractivity contribution is 5.77. The average molecular weight is 302 g/mol. The zero-order valence-electron chi connectivity index (χ0n) is 12.4. The van der Waals surface area contributed by atoms with E-state index in [9.17, 15) is 9.18 Å². The van der Waals surface area contributed by atoms with Crippen molar-refractivity contribution < 1.29 is 13.6 Å². The fourth-order valence-corrected chi connectivity index (χ4v) is 2.85. The molecule has 5 heteroatoms. The number of furan rings is 1. The Morgan fingerprint density at radius 3 is 2.95 bits per heavy atom. The van der Waals surface area contributed by atoms with Crippen LogP contribution in [0.4, 0.5) is 4.39 Å². The summed E-state index contributed by atoms with van der Waals surface area (Å²) in [5, 5.41) is 6.36. The molecule has 22 heavy (non-hydrogen) atoms. The highest BCUT2D eigenvalue weighted by Gasteiger charge is 2.29. The summed E-state index contributed by atoms with van der Waals surface area (Å²) in [4.78, 5) is 11.7. The van der Waals surface area contributed by atoms with Crippen molar-refractivity contribution >= 4 is 5.91 Å². The molecule has 0 radical (unpaired) electrons. The first kappa shape index (κ1) is 14.8. The van der Waals surface area contributed by atoms with Crippen molar-refractivity contribution in [3.63, 3.8) is 0 Å². The summed E-state index contributed by atoms with van der Waals surface area (Å²) in [5.74, 6) is 1.43. The van der Waals surface area contributed by atoms with Crippen LogP contribution in [0.3, 0.4) is 0 Å². The van der Waals surface area contributed by atoms with E-state index in [1.54, 1.807) is 6.07 Å². The van der Waals surface area contributed by atoms with Crippen LogP contribution in [0.25, 0.3) is 0 Å². The molecule has 4 nitrogen and oxygen atoms in total. The quantitative estimate of drug-likeness (QED) is 0.913. The molecule has 0 bridgehead atoms. The fraction of sp³-hybridized carbons (Fsp3) is 0.353. The summed E-state index contributed by atoms with van der Waals surface area (Å²) >= 11 is 0. The molecular formula is C17H19FN2O2.